The number of thioether (sulfide) groups is 1. The minimum atomic E-state index is -0.436. The number of rotatable bonds is 4. The smallest absolute Gasteiger partial charge is 0.272 e. The van der Waals surface area contributed by atoms with Crippen molar-refractivity contribution in [3.05, 3.63) is 76.2 Å². The fourth-order valence-electron chi connectivity index (χ4n) is 3.20. The van der Waals surface area contributed by atoms with E-state index in [-0.39, 0.29) is 29.1 Å². The summed E-state index contributed by atoms with van der Waals surface area (Å²) in [6, 6.07) is 16.7. The lowest BCUT2D eigenvalue weighted by atomic mass is 10.2. The Balaban J connectivity index is 1.60. The van der Waals surface area contributed by atoms with E-state index >= 15 is 0 Å². The van der Waals surface area contributed by atoms with Gasteiger partial charge in [0, 0.05) is 0 Å². The summed E-state index contributed by atoms with van der Waals surface area (Å²) in [6.45, 7) is 1.42. The number of nitrogens with one attached hydrogen (secondary N) is 1. The van der Waals surface area contributed by atoms with Crippen LogP contribution in [0.4, 0.5) is 0 Å². The SMILES string of the molecule is Cc1nc2ccccc2n(CC(=O)NN2C(=O)CSC2c2ccccc2)c1=O. The van der Waals surface area contributed by atoms with Crippen molar-refractivity contribution in [2.45, 2.75) is 18.8 Å². The molecule has 1 fully saturated rings. The van der Waals surface area contributed by atoms with Crippen LogP contribution in [-0.2, 0) is 16.1 Å². The van der Waals surface area contributed by atoms with E-state index in [2.05, 4.69) is 10.4 Å². The molecule has 1 aliphatic rings. The van der Waals surface area contributed by atoms with Crippen LogP contribution in [0.1, 0.15) is 16.6 Å². The second-order valence-electron chi connectivity index (χ2n) is 6.45. The summed E-state index contributed by atoms with van der Waals surface area (Å²) >= 11 is 1.45. The molecule has 0 aliphatic carbocycles. The molecule has 4 rings (SSSR count). The van der Waals surface area contributed by atoms with Gasteiger partial charge in [-0.3, -0.25) is 24.4 Å². The van der Waals surface area contributed by atoms with Crippen LogP contribution >= 0.6 is 11.8 Å². The van der Waals surface area contributed by atoms with E-state index in [0.29, 0.717) is 16.7 Å². The van der Waals surface area contributed by atoms with Crippen LogP contribution in [0.15, 0.2) is 59.4 Å². The molecule has 142 valence electrons. The molecule has 1 unspecified atom stereocenters. The Morgan fingerprint density at radius 1 is 1.14 bits per heavy atom. The minimum absolute atomic E-state index is 0.171. The summed E-state index contributed by atoms with van der Waals surface area (Å²) in [6.07, 6.45) is 0. The third-order valence-electron chi connectivity index (χ3n) is 4.51. The van der Waals surface area contributed by atoms with Gasteiger partial charge in [0.25, 0.3) is 17.4 Å². The first-order valence-electron chi connectivity index (χ1n) is 8.79. The number of hydrogen-bond acceptors (Lipinski definition) is 5. The maximum absolute atomic E-state index is 12.7. The number of para-hydroxylation sites is 2. The largest absolute Gasteiger partial charge is 0.296 e. The molecule has 1 N–H and O–H groups in total. The fourth-order valence-corrected chi connectivity index (χ4v) is 4.31. The molecule has 1 aliphatic heterocycles. The highest BCUT2D eigenvalue weighted by molar-refractivity contribution is 8.00. The predicted molar refractivity (Wildman–Crippen MR) is 107 cm³/mol. The zero-order valence-electron chi connectivity index (χ0n) is 15.2. The highest BCUT2D eigenvalue weighted by Gasteiger charge is 2.34. The van der Waals surface area contributed by atoms with Gasteiger partial charge in [-0.15, -0.1) is 11.8 Å². The second-order valence-corrected chi connectivity index (χ2v) is 7.52. The number of carbonyl (C=O) groups excluding carboxylic acids is 2. The minimum Gasteiger partial charge on any atom is -0.296 e. The normalized spacial score (nSPS) is 16.5. The average molecular weight is 394 g/mol. The van der Waals surface area contributed by atoms with Crippen molar-refractivity contribution in [3.63, 3.8) is 0 Å². The van der Waals surface area contributed by atoms with Gasteiger partial charge in [-0.05, 0) is 24.6 Å². The molecule has 1 atom stereocenters. The molecule has 7 nitrogen and oxygen atoms in total. The average Bonchev–Trinajstić information content (AvgIpc) is 3.06. The van der Waals surface area contributed by atoms with Crippen LogP contribution in [0.5, 0.6) is 0 Å². The van der Waals surface area contributed by atoms with E-state index in [4.69, 9.17) is 0 Å². The molecule has 0 radical (unpaired) electrons. The first-order valence-corrected chi connectivity index (χ1v) is 9.84. The number of amides is 2. The van der Waals surface area contributed by atoms with Crippen molar-refractivity contribution >= 4 is 34.6 Å². The number of nitrogens with zero attached hydrogens (tertiary/aromatic N) is 3. The fraction of sp³-hybridized carbons (Fsp3) is 0.200. The maximum Gasteiger partial charge on any atom is 0.272 e. The summed E-state index contributed by atoms with van der Waals surface area (Å²) < 4.78 is 1.39. The Morgan fingerprint density at radius 2 is 1.86 bits per heavy atom. The number of hydrazine groups is 1. The molecule has 0 bridgehead atoms. The molecule has 28 heavy (non-hydrogen) atoms. The van der Waals surface area contributed by atoms with E-state index in [1.54, 1.807) is 25.1 Å². The number of aromatic nitrogens is 2. The van der Waals surface area contributed by atoms with E-state index < -0.39 is 5.91 Å². The third kappa shape index (κ3) is 3.38. The second kappa shape index (κ2) is 7.47. The number of aryl methyl sites for hydroxylation is 1. The number of benzene rings is 2. The van der Waals surface area contributed by atoms with Crippen molar-refractivity contribution in [2.24, 2.45) is 0 Å². The number of carbonyl (C=O) groups is 2. The molecule has 0 spiro atoms. The molecule has 2 aromatic carbocycles. The monoisotopic (exact) mass is 394 g/mol. The Bertz CT molecular complexity index is 1110. The molecule has 0 saturated carbocycles. The summed E-state index contributed by atoms with van der Waals surface area (Å²) in [5.41, 5.74) is 4.83. The van der Waals surface area contributed by atoms with Crippen molar-refractivity contribution in [3.8, 4) is 0 Å². The summed E-state index contributed by atoms with van der Waals surface area (Å²) in [7, 11) is 0. The van der Waals surface area contributed by atoms with Crippen molar-refractivity contribution in [2.75, 3.05) is 5.75 Å². The van der Waals surface area contributed by atoms with Gasteiger partial charge in [0.2, 0.25) is 0 Å². The first-order chi connectivity index (χ1) is 13.5. The lowest BCUT2D eigenvalue weighted by Crippen LogP contribution is -2.46. The lowest BCUT2D eigenvalue weighted by Gasteiger charge is -2.25. The zero-order valence-corrected chi connectivity index (χ0v) is 16.0. The summed E-state index contributed by atoms with van der Waals surface area (Å²) in [4.78, 5) is 41.8. The Morgan fingerprint density at radius 3 is 2.64 bits per heavy atom. The van der Waals surface area contributed by atoms with Gasteiger partial charge in [0.05, 0.1) is 16.8 Å². The molecule has 1 saturated heterocycles. The van der Waals surface area contributed by atoms with Crippen molar-refractivity contribution in [1.29, 1.82) is 0 Å². The van der Waals surface area contributed by atoms with Crippen LogP contribution in [-0.4, -0.2) is 32.1 Å². The van der Waals surface area contributed by atoms with E-state index in [1.165, 1.54) is 21.3 Å². The molecule has 1 aromatic heterocycles. The van der Waals surface area contributed by atoms with Gasteiger partial charge in [-0.2, -0.15) is 0 Å². The van der Waals surface area contributed by atoms with Crippen LogP contribution in [0.25, 0.3) is 11.0 Å². The number of hydrogen-bond donors (Lipinski definition) is 1. The first kappa shape index (κ1) is 18.2. The topological polar surface area (TPSA) is 84.3 Å². The standard InChI is InChI=1S/C20H18N4O3S/c1-13-19(27)23(16-10-6-5-9-15(16)21-13)11-17(25)22-24-18(26)12-28-20(24)14-7-3-2-4-8-14/h2-10,20H,11-12H2,1H3,(H,22,25). The van der Waals surface area contributed by atoms with E-state index in [0.717, 1.165) is 5.56 Å². The van der Waals surface area contributed by atoms with Gasteiger partial charge in [0.15, 0.2) is 0 Å². The Hall–Kier alpha value is -3.13. The predicted octanol–water partition coefficient (Wildman–Crippen LogP) is 2.01. The van der Waals surface area contributed by atoms with Crippen LogP contribution in [0.3, 0.4) is 0 Å². The Labute approximate surface area is 165 Å². The number of fused-ring (bicyclic) bond motifs is 1. The quantitative estimate of drug-likeness (QED) is 0.732. The lowest BCUT2D eigenvalue weighted by molar-refractivity contribution is -0.139. The maximum atomic E-state index is 12.7. The summed E-state index contributed by atoms with van der Waals surface area (Å²) in [5, 5.41) is 1.06. The van der Waals surface area contributed by atoms with Gasteiger partial charge >= 0.3 is 0 Å². The van der Waals surface area contributed by atoms with Gasteiger partial charge < -0.3 is 0 Å². The van der Waals surface area contributed by atoms with E-state index in [9.17, 15) is 14.4 Å². The zero-order chi connectivity index (χ0) is 19.7. The Kier molecular flexibility index (Phi) is 4.87. The molecule has 2 amide bonds. The van der Waals surface area contributed by atoms with Crippen LogP contribution in [0.2, 0.25) is 0 Å². The van der Waals surface area contributed by atoms with Crippen molar-refractivity contribution < 1.29 is 9.59 Å². The third-order valence-corrected chi connectivity index (χ3v) is 5.73. The molecular formula is C20H18N4O3S. The molecule has 2 heterocycles. The molecular weight excluding hydrogens is 376 g/mol. The summed E-state index contributed by atoms with van der Waals surface area (Å²) in [5.74, 6) is -0.318. The van der Waals surface area contributed by atoms with Crippen molar-refractivity contribution in [1.82, 2.24) is 20.0 Å². The molecule has 8 heteroatoms. The van der Waals surface area contributed by atoms with Gasteiger partial charge in [0.1, 0.15) is 17.6 Å². The van der Waals surface area contributed by atoms with E-state index in [1.807, 2.05) is 36.4 Å². The highest BCUT2D eigenvalue weighted by Crippen LogP contribution is 2.36. The highest BCUT2D eigenvalue weighted by atomic mass is 32.2. The molecule has 3 aromatic rings. The van der Waals surface area contributed by atoms with Crippen LogP contribution in [0, 0.1) is 6.92 Å². The van der Waals surface area contributed by atoms with Crippen LogP contribution < -0.4 is 11.0 Å². The van der Waals surface area contributed by atoms with Gasteiger partial charge in [-0.25, -0.2) is 9.99 Å². The van der Waals surface area contributed by atoms with Gasteiger partial charge in [-0.1, -0.05) is 42.5 Å².